The number of aromatic nitrogens is 3. The lowest BCUT2D eigenvalue weighted by Crippen LogP contribution is -2.14. The first-order valence-electron chi connectivity index (χ1n) is 7.25. The van der Waals surface area contributed by atoms with Gasteiger partial charge in [0.25, 0.3) is 10.0 Å². The van der Waals surface area contributed by atoms with Crippen LogP contribution in [-0.4, -0.2) is 23.6 Å². The summed E-state index contributed by atoms with van der Waals surface area (Å²) in [6.45, 7) is 1.92. The van der Waals surface area contributed by atoms with Gasteiger partial charge in [0.2, 0.25) is 0 Å². The molecule has 0 fully saturated rings. The van der Waals surface area contributed by atoms with Crippen LogP contribution >= 0.6 is 22.6 Å². The lowest BCUT2D eigenvalue weighted by atomic mass is 10.1. The second kappa shape index (κ2) is 7.17. The predicted molar refractivity (Wildman–Crippen MR) is 103 cm³/mol. The number of hydrogen-bond donors (Lipinski definition) is 4. The van der Waals surface area contributed by atoms with Crippen molar-refractivity contribution in [1.29, 1.82) is 0 Å². The highest BCUT2D eigenvalue weighted by Gasteiger charge is 2.18. The second-order valence-electron chi connectivity index (χ2n) is 5.40. The molecule has 0 radical (unpaired) electrons. The first-order valence-corrected chi connectivity index (χ1v) is 9.81. The minimum atomic E-state index is -4.30. The van der Waals surface area contributed by atoms with Gasteiger partial charge in [0.05, 0.1) is 4.90 Å². The number of anilines is 2. The number of nitrogens with one attached hydrogen (secondary N) is 4. The Morgan fingerprint density at radius 3 is 2.50 bits per heavy atom. The summed E-state index contributed by atoms with van der Waals surface area (Å²) in [7, 11) is -4.30. The molecule has 0 saturated heterocycles. The lowest BCUT2D eigenvalue weighted by Gasteiger charge is -2.14. The summed E-state index contributed by atoms with van der Waals surface area (Å²) in [5, 5.41) is 9.24. The van der Waals surface area contributed by atoms with Crippen LogP contribution in [0.3, 0.4) is 0 Å². The minimum Gasteiger partial charge on any atom is -0.355 e. The van der Waals surface area contributed by atoms with Crippen LogP contribution in [0.1, 0.15) is 5.56 Å². The van der Waals surface area contributed by atoms with Gasteiger partial charge in [0.15, 0.2) is 5.82 Å². The summed E-state index contributed by atoms with van der Waals surface area (Å²) >= 11 is 2.20. The Morgan fingerprint density at radius 1 is 1.15 bits per heavy atom. The van der Waals surface area contributed by atoms with Crippen LogP contribution in [0.2, 0.25) is 0 Å². The van der Waals surface area contributed by atoms with Crippen molar-refractivity contribution in [3.8, 4) is 11.4 Å². The molecule has 2 aromatic carbocycles. The molecule has 0 atom stereocenters. The molecule has 4 N–H and O–H groups in total. The summed E-state index contributed by atoms with van der Waals surface area (Å²) < 4.78 is 37.2. The molecule has 0 aliphatic carbocycles. The summed E-state index contributed by atoms with van der Waals surface area (Å²) in [4.78, 5) is 14.3. The average Bonchev–Trinajstić information content (AvgIpc) is 3.03. The van der Waals surface area contributed by atoms with E-state index in [1.165, 1.54) is 18.2 Å². The molecule has 0 saturated carbocycles. The van der Waals surface area contributed by atoms with Gasteiger partial charge in [-0.05, 0) is 76.4 Å². The molecule has 1 heterocycles. The van der Waals surface area contributed by atoms with E-state index in [0.717, 1.165) is 19.8 Å². The summed E-state index contributed by atoms with van der Waals surface area (Å²) in [6, 6.07) is 9.72. The number of H-pyrrole nitrogens is 2. The molecule has 11 heteroatoms. The Labute approximate surface area is 161 Å². The van der Waals surface area contributed by atoms with Gasteiger partial charge in [0, 0.05) is 20.5 Å². The van der Waals surface area contributed by atoms with Crippen molar-refractivity contribution in [3.63, 3.8) is 0 Å². The van der Waals surface area contributed by atoms with E-state index in [0.29, 0.717) is 5.69 Å². The largest absolute Gasteiger partial charge is 0.355 e. The van der Waals surface area contributed by atoms with Gasteiger partial charge in [-0.2, -0.15) is 5.10 Å². The van der Waals surface area contributed by atoms with Crippen LogP contribution in [0.15, 0.2) is 46.1 Å². The summed E-state index contributed by atoms with van der Waals surface area (Å²) in [5.74, 6) is 0.122. The Kier molecular flexibility index (Phi) is 5.11. The molecule has 0 amide bonds. The van der Waals surface area contributed by atoms with E-state index in [-0.39, 0.29) is 16.3 Å². The van der Waals surface area contributed by atoms with E-state index < -0.39 is 15.7 Å². The van der Waals surface area contributed by atoms with Gasteiger partial charge >= 0.3 is 5.69 Å². The number of aromatic amines is 2. The molecule has 3 rings (SSSR count). The van der Waals surface area contributed by atoms with E-state index in [2.05, 4.69) is 43.1 Å². The molecule has 0 spiro atoms. The zero-order valence-corrected chi connectivity index (χ0v) is 16.3. The van der Waals surface area contributed by atoms with Crippen molar-refractivity contribution in [2.24, 2.45) is 0 Å². The smallest absolute Gasteiger partial charge is 0.340 e. The molecular weight excluding hydrogens is 476 g/mol. The van der Waals surface area contributed by atoms with Crippen LogP contribution in [0.25, 0.3) is 11.4 Å². The van der Waals surface area contributed by atoms with Crippen molar-refractivity contribution >= 4 is 44.0 Å². The van der Waals surface area contributed by atoms with E-state index >= 15 is 0 Å². The monoisotopic (exact) mass is 489 g/mol. The van der Waals surface area contributed by atoms with Crippen molar-refractivity contribution in [1.82, 2.24) is 20.1 Å². The van der Waals surface area contributed by atoms with E-state index in [1.807, 2.05) is 25.1 Å². The maximum Gasteiger partial charge on any atom is 0.340 e. The molecule has 0 bridgehead atoms. The highest BCUT2D eigenvalue weighted by Crippen LogP contribution is 2.31. The molecule has 26 heavy (non-hydrogen) atoms. The molecule has 1 aromatic heterocycles. The normalized spacial score (nSPS) is 11.5. The van der Waals surface area contributed by atoms with Gasteiger partial charge in [-0.1, -0.05) is 0 Å². The maximum absolute atomic E-state index is 12.6. The lowest BCUT2D eigenvalue weighted by molar-refractivity contribution is 0.425. The van der Waals surface area contributed by atoms with E-state index in [1.54, 1.807) is 0 Å². The molecular formula is C15H13FIN5O3S. The number of hydrogen-bond acceptors (Lipinski definition) is 5. The zero-order valence-electron chi connectivity index (χ0n) is 13.3. The van der Waals surface area contributed by atoms with Crippen LogP contribution in [0.4, 0.5) is 15.9 Å². The van der Waals surface area contributed by atoms with Crippen LogP contribution in [0, 0.1) is 10.5 Å². The Morgan fingerprint density at radius 2 is 1.88 bits per heavy atom. The third kappa shape index (κ3) is 3.78. The summed E-state index contributed by atoms with van der Waals surface area (Å²) in [6.07, 6.45) is 0. The number of sulfonamides is 1. The number of halogens is 2. The second-order valence-corrected chi connectivity index (χ2v) is 8.28. The number of aryl methyl sites for hydroxylation is 1. The fraction of sp³-hybridized carbons (Fsp3) is 0.0667. The summed E-state index contributed by atoms with van der Waals surface area (Å²) in [5.41, 5.74) is 2.00. The predicted octanol–water partition coefficient (Wildman–Crippen LogP) is 2.58. The number of benzene rings is 2. The van der Waals surface area contributed by atoms with Gasteiger partial charge < -0.3 is 5.32 Å². The zero-order chi connectivity index (χ0) is 18.9. The van der Waals surface area contributed by atoms with Crippen molar-refractivity contribution in [3.05, 3.63) is 56.0 Å². The first-order chi connectivity index (χ1) is 12.3. The molecule has 8 nitrogen and oxygen atoms in total. The standard InChI is InChI=1S/C15H13FIN5O3S/c1-8-6-9(17)2-4-12(8)18-13-5-3-10(26(24,25)22-16)7-11(13)14-19-15(23)21-20-14/h2-7,18,22H,1H3,(H2,19,20,21,23). The Balaban J connectivity index is 2.13. The van der Waals surface area contributed by atoms with Gasteiger partial charge in [-0.15, -0.1) is 4.48 Å². The fourth-order valence-corrected chi connectivity index (χ4v) is 3.61. The molecule has 0 unspecified atom stereocenters. The van der Waals surface area contributed by atoms with Crippen molar-refractivity contribution in [2.45, 2.75) is 11.8 Å². The van der Waals surface area contributed by atoms with Crippen molar-refractivity contribution < 1.29 is 12.9 Å². The molecule has 3 aromatic rings. The topological polar surface area (TPSA) is 120 Å². The number of nitrogens with zero attached hydrogens (tertiary/aromatic N) is 1. The third-order valence-electron chi connectivity index (χ3n) is 3.62. The van der Waals surface area contributed by atoms with Gasteiger partial charge in [-0.25, -0.2) is 18.3 Å². The third-order valence-corrected chi connectivity index (χ3v) is 5.37. The average molecular weight is 489 g/mol. The van der Waals surface area contributed by atoms with Gasteiger partial charge in [0.1, 0.15) is 0 Å². The Hall–Kier alpha value is -2.25. The maximum atomic E-state index is 12.6. The quantitative estimate of drug-likeness (QED) is 0.325. The van der Waals surface area contributed by atoms with E-state index in [4.69, 9.17) is 0 Å². The minimum absolute atomic E-state index is 0.122. The highest BCUT2D eigenvalue weighted by atomic mass is 127. The van der Waals surface area contributed by atoms with Crippen molar-refractivity contribution in [2.75, 3.05) is 5.32 Å². The van der Waals surface area contributed by atoms with E-state index in [9.17, 15) is 17.7 Å². The van der Waals surface area contributed by atoms with Crippen LogP contribution in [-0.2, 0) is 10.0 Å². The highest BCUT2D eigenvalue weighted by molar-refractivity contribution is 14.1. The SMILES string of the molecule is Cc1cc(I)ccc1Nc1ccc(S(=O)(=O)NF)cc1-c1n[nH]c(=O)[nH]1. The molecule has 136 valence electrons. The molecule has 0 aliphatic heterocycles. The first kappa shape index (κ1) is 18.5. The van der Waals surface area contributed by atoms with Gasteiger partial charge in [-0.3, -0.25) is 4.98 Å². The Bertz CT molecular complexity index is 1130. The van der Waals surface area contributed by atoms with Crippen LogP contribution < -0.4 is 16.0 Å². The fourth-order valence-electron chi connectivity index (χ4n) is 2.35. The number of rotatable bonds is 5. The van der Waals surface area contributed by atoms with Crippen LogP contribution in [0.5, 0.6) is 0 Å². The molecule has 0 aliphatic rings.